The molecule has 2 heterocycles. The standard InChI is InChI=1S/C16H23ClN2O3/c1-16(2,3)22-15(20)19-7-6-13(9-19)11-21-10-12-4-5-14(17)18-8-12/h4-5,8,13H,6-7,9-11H2,1-3H3/t13-/m0/s1. The van der Waals surface area contributed by atoms with Crippen LogP contribution in [0.5, 0.6) is 0 Å². The largest absolute Gasteiger partial charge is 0.444 e. The van der Waals surface area contributed by atoms with Crippen LogP contribution >= 0.6 is 11.6 Å². The van der Waals surface area contributed by atoms with Gasteiger partial charge >= 0.3 is 6.09 Å². The molecule has 122 valence electrons. The smallest absolute Gasteiger partial charge is 0.410 e. The number of halogens is 1. The van der Waals surface area contributed by atoms with Gasteiger partial charge in [0.15, 0.2) is 0 Å². The first-order chi connectivity index (χ1) is 10.3. The fraction of sp³-hybridized carbons (Fsp3) is 0.625. The Hall–Kier alpha value is -1.33. The first kappa shape index (κ1) is 17.0. The summed E-state index contributed by atoms with van der Waals surface area (Å²) in [5.41, 5.74) is 0.541. The molecule has 0 radical (unpaired) electrons. The third-order valence-corrected chi connectivity index (χ3v) is 3.57. The number of amides is 1. The van der Waals surface area contributed by atoms with Crippen LogP contribution in [0.3, 0.4) is 0 Å². The number of likely N-dealkylation sites (tertiary alicyclic amines) is 1. The average Bonchev–Trinajstić information content (AvgIpc) is 2.88. The molecule has 1 aliphatic rings. The number of hydrogen-bond acceptors (Lipinski definition) is 4. The van der Waals surface area contributed by atoms with Crippen molar-refractivity contribution in [1.29, 1.82) is 0 Å². The van der Waals surface area contributed by atoms with Crippen molar-refractivity contribution in [2.24, 2.45) is 5.92 Å². The molecule has 1 aliphatic heterocycles. The second-order valence-corrected chi connectivity index (χ2v) is 6.97. The van der Waals surface area contributed by atoms with Gasteiger partial charge in [-0.3, -0.25) is 0 Å². The highest BCUT2D eigenvalue weighted by Gasteiger charge is 2.29. The summed E-state index contributed by atoms with van der Waals surface area (Å²) in [7, 11) is 0. The van der Waals surface area contributed by atoms with E-state index in [4.69, 9.17) is 21.1 Å². The predicted molar refractivity (Wildman–Crippen MR) is 84.8 cm³/mol. The zero-order chi connectivity index (χ0) is 16.2. The van der Waals surface area contributed by atoms with Gasteiger partial charge in [-0.05, 0) is 38.8 Å². The molecule has 0 saturated carbocycles. The number of carbonyl (C=O) groups is 1. The molecule has 1 aromatic heterocycles. The van der Waals surface area contributed by atoms with Crippen LogP contribution in [0.4, 0.5) is 4.79 Å². The van der Waals surface area contributed by atoms with Crippen LogP contribution in [0.1, 0.15) is 32.8 Å². The van der Waals surface area contributed by atoms with Crippen LogP contribution in [-0.4, -0.2) is 41.3 Å². The average molecular weight is 327 g/mol. The normalized spacial score (nSPS) is 18.5. The highest BCUT2D eigenvalue weighted by Crippen LogP contribution is 2.20. The summed E-state index contributed by atoms with van der Waals surface area (Å²) in [6.45, 7) is 8.18. The third kappa shape index (κ3) is 5.46. The van der Waals surface area contributed by atoms with E-state index < -0.39 is 5.60 Å². The molecular formula is C16H23ClN2O3. The van der Waals surface area contributed by atoms with Crippen LogP contribution in [-0.2, 0) is 16.1 Å². The molecular weight excluding hydrogens is 304 g/mol. The van der Waals surface area contributed by atoms with Gasteiger partial charge in [0.25, 0.3) is 0 Å². The van der Waals surface area contributed by atoms with E-state index >= 15 is 0 Å². The van der Waals surface area contributed by atoms with Crippen molar-refractivity contribution in [2.75, 3.05) is 19.7 Å². The second kappa shape index (κ2) is 7.29. The van der Waals surface area contributed by atoms with E-state index in [1.54, 1.807) is 17.2 Å². The van der Waals surface area contributed by atoms with E-state index in [0.717, 1.165) is 18.5 Å². The van der Waals surface area contributed by atoms with Crippen LogP contribution < -0.4 is 0 Å². The van der Waals surface area contributed by atoms with E-state index in [2.05, 4.69) is 4.98 Å². The maximum Gasteiger partial charge on any atom is 0.410 e. The maximum absolute atomic E-state index is 12.0. The molecule has 0 N–H and O–H groups in total. The minimum atomic E-state index is -0.451. The molecule has 1 saturated heterocycles. The van der Waals surface area contributed by atoms with Crippen molar-refractivity contribution in [3.63, 3.8) is 0 Å². The SMILES string of the molecule is CC(C)(C)OC(=O)N1CC[C@H](COCc2ccc(Cl)nc2)C1. The molecule has 1 amide bonds. The minimum absolute atomic E-state index is 0.239. The van der Waals surface area contributed by atoms with Crippen LogP contribution in [0.15, 0.2) is 18.3 Å². The summed E-state index contributed by atoms with van der Waals surface area (Å²) < 4.78 is 11.1. The molecule has 0 aliphatic carbocycles. The lowest BCUT2D eigenvalue weighted by Crippen LogP contribution is -2.35. The van der Waals surface area contributed by atoms with Gasteiger partial charge in [-0.15, -0.1) is 0 Å². The van der Waals surface area contributed by atoms with Crippen molar-refractivity contribution in [1.82, 2.24) is 9.88 Å². The molecule has 0 spiro atoms. The van der Waals surface area contributed by atoms with Crippen molar-refractivity contribution < 1.29 is 14.3 Å². The second-order valence-electron chi connectivity index (χ2n) is 6.59. The highest BCUT2D eigenvalue weighted by atomic mass is 35.5. The Morgan fingerprint density at radius 3 is 2.86 bits per heavy atom. The van der Waals surface area contributed by atoms with E-state index in [-0.39, 0.29) is 6.09 Å². The summed E-state index contributed by atoms with van der Waals surface area (Å²) >= 11 is 5.74. The summed E-state index contributed by atoms with van der Waals surface area (Å²) in [5, 5.41) is 0.479. The molecule has 5 nitrogen and oxygen atoms in total. The summed E-state index contributed by atoms with van der Waals surface area (Å²) in [5.74, 6) is 0.354. The maximum atomic E-state index is 12.0. The Labute approximate surface area is 136 Å². The molecule has 1 fully saturated rings. The van der Waals surface area contributed by atoms with Crippen molar-refractivity contribution >= 4 is 17.7 Å². The highest BCUT2D eigenvalue weighted by molar-refractivity contribution is 6.29. The van der Waals surface area contributed by atoms with Gasteiger partial charge in [-0.1, -0.05) is 17.7 Å². The molecule has 0 bridgehead atoms. The predicted octanol–water partition coefficient (Wildman–Crippen LogP) is 3.51. The number of nitrogens with zero attached hydrogens (tertiary/aromatic N) is 2. The van der Waals surface area contributed by atoms with Gasteiger partial charge < -0.3 is 14.4 Å². The number of rotatable bonds is 4. The van der Waals surface area contributed by atoms with Gasteiger partial charge in [-0.25, -0.2) is 9.78 Å². The van der Waals surface area contributed by atoms with E-state index in [1.165, 1.54) is 0 Å². The zero-order valence-corrected chi connectivity index (χ0v) is 14.1. The van der Waals surface area contributed by atoms with Gasteiger partial charge in [0.2, 0.25) is 0 Å². The molecule has 1 aromatic rings. The lowest BCUT2D eigenvalue weighted by atomic mass is 10.1. The number of hydrogen-bond donors (Lipinski definition) is 0. The third-order valence-electron chi connectivity index (χ3n) is 3.35. The van der Waals surface area contributed by atoms with Crippen molar-refractivity contribution in [3.05, 3.63) is 29.0 Å². The summed E-state index contributed by atoms with van der Waals surface area (Å²) in [4.78, 5) is 17.7. The first-order valence-corrected chi connectivity index (χ1v) is 7.87. The number of ether oxygens (including phenoxy) is 2. The van der Waals surface area contributed by atoms with E-state index in [9.17, 15) is 4.79 Å². The summed E-state index contributed by atoms with van der Waals surface area (Å²) in [6, 6.07) is 3.65. The van der Waals surface area contributed by atoms with Gasteiger partial charge in [0, 0.05) is 25.2 Å². The van der Waals surface area contributed by atoms with E-state index in [0.29, 0.717) is 30.8 Å². The van der Waals surface area contributed by atoms with Crippen molar-refractivity contribution in [2.45, 2.75) is 39.4 Å². The van der Waals surface area contributed by atoms with E-state index in [1.807, 2.05) is 26.8 Å². The summed E-state index contributed by atoms with van der Waals surface area (Å²) in [6.07, 6.45) is 2.42. The van der Waals surface area contributed by atoms with Crippen molar-refractivity contribution in [3.8, 4) is 0 Å². The topological polar surface area (TPSA) is 51.7 Å². The molecule has 0 unspecified atom stereocenters. The van der Waals surface area contributed by atoms with Gasteiger partial charge in [-0.2, -0.15) is 0 Å². The Balaban J connectivity index is 1.70. The molecule has 22 heavy (non-hydrogen) atoms. The molecule has 1 atom stereocenters. The van der Waals surface area contributed by atoms with Crippen LogP contribution in [0.25, 0.3) is 0 Å². The van der Waals surface area contributed by atoms with Crippen LogP contribution in [0.2, 0.25) is 5.15 Å². The molecule has 2 rings (SSSR count). The minimum Gasteiger partial charge on any atom is -0.444 e. The Kier molecular flexibility index (Phi) is 5.64. The molecule has 6 heteroatoms. The quantitative estimate of drug-likeness (QED) is 0.794. The van der Waals surface area contributed by atoms with Gasteiger partial charge in [0.1, 0.15) is 10.8 Å². The first-order valence-electron chi connectivity index (χ1n) is 7.49. The fourth-order valence-electron chi connectivity index (χ4n) is 2.30. The monoisotopic (exact) mass is 326 g/mol. The van der Waals surface area contributed by atoms with Gasteiger partial charge in [0.05, 0.1) is 13.2 Å². The number of aromatic nitrogens is 1. The lowest BCUT2D eigenvalue weighted by molar-refractivity contribution is 0.0271. The fourth-order valence-corrected chi connectivity index (χ4v) is 2.41. The lowest BCUT2D eigenvalue weighted by Gasteiger charge is -2.24. The number of pyridine rings is 1. The Morgan fingerprint density at radius 2 is 2.23 bits per heavy atom. The Morgan fingerprint density at radius 1 is 1.45 bits per heavy atom. The number of carbonyl (C=O) groups excluding carboxylic acids is 1. The Bertz CT molecular complexity index is 499. The molecule has 0 aromatic carbocycles. The zero-order valence-electron chi connectivity index (χ0n) is 13.3. The van der Waals surface area contributed by atoms with Crippen LogP contribution in [0, 0.1) is 5.92 Å².